The van der Waals surface area contributed by atoms with Crippen LogP contribution in [0, 0.1) is 0 Å². The summed E-state index contributed by atoms with van der Waals surface area (Å²) in [5, 5.41) is 20.3. The number of aliphatic hydroxyl groups is 1. The Morgan fingerprint density at radius 3 is 2.18 bits per heavy atom. The molecule has 0 radical (unpaired) electrons. The minimum absolute atomic E-state index is 0.0328. The van der Waals surface area contributed by atoms with Crippen molar-refractivity contribution < 1.29 is 24.6 Å². The van der Waals surface area contributed by atoms with Crippen molar-refractivity contribution >= 4 is 40.7 Å². The van der Waals surface area contributed by atoms with E-state index in [1.165, 1.54) is 4.90 Å². The zero-order valence-corrected chi connectivity index (χ0v) is 19.4. The first kappa shape index (κ1) is 24.3. The number of carboxylic acid groups (broad SMARTS) is 1. The number of hydrogen-bond donors (Lipinski definition) is 2. The fourth-order valence-electron chi connectivity index (χ4n) is 3.91. The molecule has 1 aliphatic heterocycles. The summed E-state index contributed by atoms with van der Waals surface area (Å²) in [7, 11) is 3.83. The highest BCUT2D eigenvalue weighted by Crippen LogP contribution is 2.40. The molecule has 2 aromatic rings. The molecule has 1 saturated heterocycles. The predicted molar refractivity (Wildman–Crippen MR) is 127 cm³/mol. The quantitative estimate of drug-likeness (QED) is 0.243. The number of hydrogen-bond acceptors (Lipinski definition) is 5. The van der Waals surface area contributed by atoms with Gasteiger partial charge in [0.15, 0.2) is 0 Å². The van der Waals surface area contributed by atoms with Crippen molar-refractivity contribution in [3.63, 3.8) is 0 Å². The first-order valence-corrected chi connectivity index (χ1v) is 11.1. The van der Waals surface area contributed by atoms with Crippen LogP contribution in [0.2, 0.25) is 5.02 Å². The van der Waals surface area contributed by atoms with Gasteiger partial charge in [0.2, 0.25) is 0 Å². The van der Waals surface area contributed by atoms with Crippen LogP contribution in [0.25, 0.3) is 5.76 Å². The third-order valence-electron chi connectivity index (χ3n) is 5.67. The summed E-state index contributed by atoms with van der Waals surface area (Å²) in [6.07, 6.45) is 1.71. The minimum atomic E-state index is -0.862. The molecule has 1 atom stereocenters. The zero-order valence-electron chi connectivity index (χ0n) is 18.6. The second kappa shape index (κ2) is 10.5. The van der Waals surface area contributed by atoms with Crippen LogP contribution in [0.3, 0.4) is 0 Å². The van der Waals surface area contributed by atoms with E-state index in [1.807, 2.05) is 43.3 Å². The Morgan fingerprint density at radius 1 is 0.970 bits per heavy atom. The molecule has 0 saturated carbocycles. The molecular formula is C25H27ClN2O5. The molecule has 3 rings (SSSR count). The van der Waals surface area contributed by atoms with Crippen molar-refractivity contribution in [1.29, 1.82) is 0 Å². The van der Waals surface area contributed by atoms with Crippen LogP contribution in [0.5, 0.6) is 0 Å². The van der Waals surface area contributed by atoms with Gasteiger partial charge in [-0.3, -0.25) is 14.4 Å². The van der Waals surface area contributed by atoms with Gasteiger partial charge < -0.3 is 20.0 Å². The van der Waals surface area contributed by atoms with Crippen molar-refractivity contribution in [2.24, 2.45) is 0 Å². The minimum Gasteiger partial charge on any atom is -0.507 e. The fraction of sp³-hybridized carbons (Fsp3) is 0.320. The Balaban J connectivity index is 1.98. The lowest BCUT2D eigenvalue weighted by Gasteiger charge is -2.26. The number of carbonyl (C=O) groups is 3. The second-order valence-electron chi connectivity index (χ2n) is 8.19. The Hall–Kier alpha value is -3.32. The average Bonchev–Trinajstić information content (AvgIpc) is 3.03. The molecule has 33 heavy (non-hydrogen) atoms. The number of carbonyl (C=O) groups excluding carboxylic acids is 2. The molecule has 0 spiro atoms. The molecule has 2 aromatic carbocycles. The van der Waals surface area contributed by atoms with Crippen LogP contribution in [-0.4, -0.2) is 53.4 Å². The number of rotatable bonds is 9. The molecule has 0 aromatic heterocycles. The smallest absolute Gasteiger partial charge is 0.303 e. The van der Waals surface area contributed by atoms with Crippen LogP contribution in [0.1, 0.15) is 42.9 Å². The molecule has 1 aliphatic rings. The second-order valence-corrected chi connectivity index (χ2v) is 8.63. The predicted octanol–water partition coefficient (Wildman–Crippen LogP) is 4.47. The molecule has 1 unspecified atom stereocenters. The lowest BCUT2D eigenvalue weighted by Crippen LogP contribution is -2.30. The summed E-state index contributed by atoms with van der Waals surface area (Å²) < 4.78 is 0. The normalized spacial score (nSPS) is 17.4. The number of halogens is 1. The lowest BCUT2D eigenvalue weighted by atomic mass is 9.95. The van der Waals surface area contributed by atoms with Gasteiger partial charge in [0, 0.05) is 43.3 Å². The Labute approximate surface area is 197 Å². The Bertz CT molecular complexity index is 1060. The van der Waals surface area contributed by atoms with Gasteiger partial charge in [-0.15, -0.1) is 0 Å². The Morgan fingerprint density at radius 2 is 1.61 bits per heavy atom. The maximum absolute atomic E-state index is 13.0. The molecule has 1 amide bonds. The number of amides is 1. The van der Waals surface area contributed by atoms with Crippen LogP contribution in [0.15, 0.2) is 54.1 Å². The van der Waals surface area contributed by atoms with E-state index in [0.717, 1.165) is 5.69 Å². The molecule has 0 aliphatic carbocycles. The molecule has 1 heterocycles. The first-order valence-electron chi connectivity index (χ1n) is 10.7. The molecule has 174 valence electrons. The van der Waals surface area contributed by atoms with Crippen LogP contribution in [0.4, 0.5) is 5.69 Å². The number of Topliss-reactive ketones (excluding diaryl/α,β-unsaturated/α-hetero) is 1. The van der Waals surface area contributed by atoms with Gasteiger partial charge in [0.1, 0.15) is 5.76 Å². The summed E-state index contributed by atoms with van der Waals surface area (Å²) in [4.78, 5) is 40.1. The third-order valence-corrected chi connectivity index (χ3v) is 5.92. The summed E-state index contributed by atoms with van der Waals surface area (Å²) in [6, 6.07) is 13.2. The lowest BCUT2D eigenvalue weighted by molar-refractivity contribution is -0.140. The number of benzene rings is 2. The van der Waals surface area contributed by atoms with E-state index < -0.39 is 23.7 Å². The maximum atomic E-state index is 13.0. The van der Waals surface area contributed by atoms with Gasteiger partial charge in [-0.25, -0.2) is 0 Å². The van der Waals surface area contributed by atoms with Crippen molar-refractivity contribution in [3.05, 3.63) is 70.3 Å². The monoisotopic (exact) mass is 470 g/mol. The van der Waals surface area contributed by atoms with E-state index >= 15 is 0 Å². The largest absolute Gasteiger partial charge is 0.507 e. The van der Waals surface area contributed by atoms with Gasteiger partial charge in [-0.2, -0.15) is 0 Å². The number of nitrogens with zero attached hydrogens (tertiary/aromatic N) is 2. The summed E-state index contributed by atoms with van der Waals surface area (Å²) in [6.45, 7) is 0.279. The number of aliphatic hydroxyl groups excluding tert-OH is 1. The molecule has 7 nitrogen and oxygen atoms in total. The topological polar surface area (TPSA) is 98.2 Å². The van der Waals surface area contributed by atoms with Crippen LogP contribution < -0.4 is 4.90 Å². The number of carboxylic acids is 1. The van der Waals surface area contributed by atoms with E-state index in [2.05, 4.69) is 0 Å². The van der Waals surface area contributed by atoms with Crippen LogP contribution in [-0.2, 0) is 14.4 Å². The van der Waals surface area contributed by atoms with Crippen molar-refractivity contribution in [1.82, 2.24) is 4.90 Å². The number of likely N-dealkylation sites (tertiary alicyclic amines) is 1. The maximum Gasteiger partial charge on any atom is 0.303 e. The van der Waals surface area contributed by atoms with Crippen molar-refractivity contribution in [3.8, 4) is 0 Å². The zero-order chi connectivity index (χ0) is 24.1. The third kappa shape index (κ3) is 5.54. The highest BCUT2D eigenvalue weighted by atomic mass is 35.5. The van der Waals surface area contributed by atoms with Crippen molar-refractivity contribution in [2.45, 2.75) is 31.7 Å². The summed E-state index contributed by atoms with van der Waals surface area (Å²) in [5.41, 5.74) is 2.10. The van der Waals surface area contributed by atoms with E-state index in [9.17, 15) is 19.5 Å². The summed E-state index contributed by atoms with van der Waals surface area (Å²) in [5.74, 6) is -2.53. The Kier molecular flexibility index (Phi) is 7.76. The highest BCUT2D eigenvalue weighted by Gasteiger charge is 2.45. The van der Waals surface area contributed by atoms with Crippen molar-refractivity contribution in [2.75, 3.05) is 25.5 Å². The van der Waals surface area contributed by atoms with Gasteiger partial charge in [-0.1, -0.05) is 30.2 Å². The van der Waals surface area contributed by atoms with E-state index in [4.69, 9.17) is 16.7 Å². The highest BCUT2D eigenvalue weighted by molar-refractivity contribution is 6.46. The SMILES string of the molecule is CN(C)c1ccc(C2/C(=C(\O)c3ccc(Cl)cc3)C(=O)C(=O)N2CCCCCC(=O)O)cc1. The fourth-order valence-corrected chi connectivity index (χ4v) is 4.04. The molecule has 1 fully saturated rings. The van der Waals surface area contributed by atoms with Gasteiger partial charge in [0.05, 0.1) is 11.6 Å². The number of aliphatic carboxylic acids is 1. The average molecular weight is 471 g/mol. The first-order chi connectivity index (χ1) is 15.7. The van der Waals surface area contributed by atoms with Gasteiger partial charge in [0.25, 0.3) is 11.7 Å². The van der Waals surface area contributed by atoms with Gasteiger partial charge >= 0.3 is 5.97 Å². The van der Waals surface area contributed by atoms with Gasteiger partial charge in [-0.05, 0) is 54.8 Å². The van der Waals surface area contributed by atoms with E-state index in [1.54, 1.807) is 24.3 Å². The standard InChI is InChI=1S/C25H27ClN2O5/c1-27(2)19-13-9-16(10-14-19)22-21(23(31)17-7-11-18(26)12-8-17)24(32)25(33)28(22)15-5-3-4-6-20(29)30/h7-14,22,31H,3-6,15H2,1-2H3,(H,29,30)/b23-21+. The number of ketones is 1. The van der Waals surface area contributed by atoms with E-state index in [-0.39, 0.29) is 24.3 Å². The molecule has 2 N–H and O–H groups in total. The summed E-state index contributed by atoms with van der Waals surface area (Å²) >= 11 is 5.95. The molecule has 8 heteroatoms. The molecular weight excluding hydrogens is 444 g/mol. The van der Waals surface area contributed by atoms with Crippen LogP contribution >= 0.6 is 11.6 Å². The number of anilines is 1. The number of unbranched alkanes of at least 4 members (excludes halogenated alkanes) is 2. The molecule has 0 bridgehead atoms. The van der Waals surface area contributed by atoms with E-state index in [0.29, 0.717) is 35.4 Å².